The summed E-state index contributed by atoms with van der Waals surface area (Å²) in [6.07, 6.45) is 2.93. The van der Waals surface area contributed by atoms with Gasteiger partial charge in [0.1, 0.15) is 11.6 Å². The average Bonchev–Trinajstić information content (AvgIpc) is 2.63. The summed E-state index contributed by atoms with van der Waals surface area (Å²) in [5.74, 6) is -1.91. The lowest BCUT2D eigenvalue weighted by atomic mass is 10.1. The zero-order valence-corrected chi connectivity index (χ0v) is 10.6. The molecule has 0 bridgehead atoms. The van der Waals surface area contributed by atoms with Crippen molar-refractivity contribution in [2.75, 3.05) is 0 Å². The van der Waals surface area contributed by atoms with Crippen LogP contribution in [0, 0.1) is 11.6 Å². The van der Waals surface area contributed by atoms with Gasteiger partial charge in [0.2, 0.25) is 0 Å². The van der Waals surface area contributed by atoms with E-state index in [-0.39, 0.29) is 16.4 Å². The first-order valence-corrected chi connectivity index (χ1v) is 6.39. The monoisotopic (exact) mass is 303 g/mol. The minimum Gasteiger partial charge on any atom is -0.348 e. The molecule has 1 aromatic rings. The minimum atomic E-state index is -0.739. The van der Waals surface area contributed by atoms with Crippen LogP contribution in [0.1, 0.15) is 29.6 Å². The van der Waals surface area contributed by atoms with Gasteiger partial charge in [-0.3, -0.25) is 4.79 Å². The molecule has 92 valence electrons. The Morgan fingerprint density at radius 2 is 1.88 bits per heavy atom. The molecule has 17 heavy (non-hydrogen) atoms. The molecule has 0 heterocycles. The van der Waals surface area contributed by atoms with E-state index in [0.29, 0.717) is 0 Å². The van der Waals surface area contributed by atoms with Crippen molar-refractivity contribution in [3.63, 3.8) is 0 Å². The molecule has 1 N–H and O–H groups in total. The molecule has 1 aliphatic rings. The predicted molar refractivity (Wildman–Crippen MR) is 64.2 cm³/mol. The Balaban J connectivity index is 2.09. The topological polar surface area (TPSA) is 29.1 Å². The molecule has 2 rings (SSSR count). The van der Waals surface area contributed by atoms with Crippen LogP contribution in [0.3, 0.4) is 0 Å². The smallest absolute Gasteiger partial charge is 0.251 e. The maximum absolute atomic E-state index is 12.9. The van der Waals surface area contributed by atoms with Gasteiger partial charge in [0.25, 0.3) is 5.91 Å². The molecule has 2 atom stereocenters. The largest absolute Gasteiger partial charge is 0.348 e. The van der Waals surface area contributed by atoms with Crippen LogP contribution in [-0.4, -0.2) is 16.8 Å². The van der Waals surface area contributed by atoms with Crippen LogP contribution in [0.5, 0.6) is 0 Å². The van der Waals surface area contributed by atoms with Gasteiger partial charge in [-0.15, -0.1) is 0 Å². The third kappa shape index (κ3) is 3.03. The normalized spacial score (nSPS) is 23.7. The van der Waals surface area contributed by atoms with Gasteiger partial charge in [0.05, 0.1) is 0 Å². The number of amides is 1. The third-order valence-electron chi connectivity index (χ3n) is 2.87. The summed E-state index contributed by atoms with van der Waals surface area (Å²) in [7, 11) is 0. The molecule has 1 saturated carbocycles. The van der Waals surface area contributed by atoms with Crippen LogP contribution in [0.2, 0.25) is 0 Å². The van der Waals surface area contributed by atoms with Crippen molar-refractivity contribution in [3.05, 3.63) is 35.4 Å². The molecule has 0 saturated heterocycles. The molecule has 0 aliphatic heterocycles. The van der Waals surface area contributed by atoms with E-state index in [9.17, 15) is 13.6 Å². The van der Waals surface area contributed by atoms with E-state index in [1.165, 1.54) is 0 Å². The van der Waals surface area contributed by atoms with Crippen molar-refractivity contribution in [1.29, 1.82) is 0 Å². The molecule has 1 aliphatic carbocycles. The van der Waals surface area contributed by atoms with Crippen LogP contribution in [0.15, 0.2) is 18.2 Å². The summed E-state index contributed by atoms with van der Waals surface area (Å²) in [5.41, 5.74) is 0.0223. The molecule has 0 aromatic heterocycles. The Bertz CT molecular complexity index is 418. The van der Waals surface area contributed by atoms with Crippen molar-refractivity contribution in [3.8, 4) is 0 Å². The highest BCUT2D eigenvalue weighted by molar-refractivity contribution is 9.09. The molecule has 1 fully saturated rings. The van der Waals surface area contributed by atoms with E-state index in [1.807, 2.05) is 0 Å². The highest BCUT2D eigenvalue weighted by Gasteiger charge is 2.26. The SMILES string of the molecule is O=C(NC1CCCC1Br)c1cc(F)cc(F)c1. The van der Waals surface area contributed by atoms with E-state index in [0.717, 1.165) is 37.5 Å². The second-order valence-electron chi connectivity index (χ2n) is 4.18. The van der Waals surface area contributed by atoms with Crippen LogP contribution in [0.25, 0.3) is 0 Å². The van der Waals surface area contributed by atoms with Gasteiger partial charge in [0, 0.05) is 22.5 Å². The van der Waals surface area contributed by atoms with Gasteiger partial charge in [-0.05, 0) is 25.0 Å². The molecule has 1 aromatic carbocycles. The highest BCUT2D eigenvalue weighted by atomic mass is 79.9. The molecule has 2 unspecified atom stereocenters. The number of rotatable bonds is 2. The molecular formula is C12H12BrF2NO. The third-order valence-corrected chi connectivity index (χ3v) is 3.97. The van der Waals surface area contributed by atoms with Crippen LogP contribution in [-0.2, 0) is 0 Å². The fourth-order valence-electron chi connectivity index (χ4n) is 2.01. The standard InChI is InChI=1S/C12H12BrF2NO/c13-10-2-1-3-11(10)16-12(17)7-4-8(14)6-9(15)5-7/h4-6,10-11H,1-3H2,(H,16,17). The molecule has 5 heteroatoms. The Hall–Kier alpha value is -0.970. The second kappa shape index (κ2) is 5.12. The van der Waals surface area contributed by atoms with Gasteiger partial charge >= 0.3 is 0 Å². The molecule has 1 amide bonds. The van der Waals surface area contributed by atoms with Gasteiger partial charge in [-0.25, -0.2) is 8.78 Å². The summed E-state index contributed by atoms with van der Waals surface area (Å²) in [6, 6.07) is 2.86. The first-order chi connectivity index (χ1) is 8.06. The van der Waals surface area contributed by atoms with Crippen molar-refractivity contribution in [2.45, 2.75) is 30.1 Å². The number of benzene rings is 1. The number of nitrogens with one attached hydrogen (secondary N) is 1. The lowest BCUT2D eigenvalue weighted by Crippen LogP contribution is -2.37. The van der Waals surface area contributed by atoms with Crippen LogP contribution >= 0.6 is 15.9 Å². The average molecular weight is 304 g/mol. The summed E-state index contributed by atoms with van der Waals surface area (Å²) in [6.45, 7) is 0. The molecular weight excluding hydrogens is 292 g/mol. The lowest BCUT2D eigenvalue weighted by Gasteiger charge is -2.16. The summed E-state index contributed by atoms with van der Waals surface area (Å²) < 4.78 is 25.9. The lowest BCUT2D eigenvalue weighted by molar-refractivity contribution is 0.0938. The maximum Gasteiger partial charge on any atom is 0.251 e. The zero-order chi connectivity index (χ0) is 12.4. The predicted octanol–water partition coefficient (Wildman–Crippen LogP) is 3.01. The van der Waals surface area contributed by atoms with Gasteiger partial charge < -0.3 is 5.32 Å². The van der Waals surface area contributed by atoms with E-state index in [1.54, 1.807) is 0 Å². The van der Waals surface area contributed by atoms with Crippen LogP contribution in [0.4, 0.5) is 8.78 Å². The van der Waals surface area contributed by atoms with Crippen LogP contribution < -0.4 is 5.32 Å². The summed E-state index contributed by atoms with van der Waals surface area (Å²) >= 11 is 3.47. The first kappa shape index (κ1) is 12.5. The fourth-order valence-corrected chi connectivity index (χ4v) is 2.73. The number of hydrogen-bond donors (Lipinski definition) is 1. The number of halogens is 3. The summed E-state index contributed by atoms with van der Waals surface area (Å²) in [4.78, 5) is 12.0. The van der Waals surface area contributed by atoms with Crippen molar-refractivity contribution < 1.29 is 13.6 Å². The number of carbonyl (C=O) groups excluding carboxylic acids is 1. The number of carbonyl (C=O) groups is 1. The second-order valence-corrected chi connectivity index (χ2v) is 5.36. The van der Waals surface area contributed by atoms with Gasteiger partial charge in [-0.2, -0.15) is 0 Å². The fraction of sp³-hybridized carbons (Fsp3) is 0.417. The maximum atomic E-state index is 12.9. The van der Waals surface area contributed by atoms with Gasteiger partial charge in [0.15, 0.2) is 0 Å². The number of hydrogen-bond acceptors (Lipinski definition) is 1. The van der Waals surface area contributed by atoms with E-state index < -0.39 is 17.5 Å². The van der Waals surface area contributed by atoms with E-state index in [4.69, 9.17) is 0 Å². The molecule has 2 nitrogen and oxygen atoms in total. The first-order valence-electron chi connectivity index (χ1n) is 5.47. The van der Waals surface area contributed by atoms with E-state index in [2.05, 4.69) is 21.2 Å². The van der Waals surface area contributed by atoms with Crippen molar-refractivity contribution in [1.82, 2.24) is 5.32 Å². The summed E-state index contributed by atoms with van der Waals surface area (Å²) in [5, 5.41) is 2.78. The quantitative estimate of drug-likeness (QED) is 0.836. The number of alkyl halides is 1. The van der Waals surface area contributed by atoms with Gasteiger partial charge in [-0.1, -0.05) is 22.4 Å². The Labute approximate surface area is 107 Å². The highest BCUT2D eigenvalue weighted by Crippen LogP contribution is 2.25. The van der Waals surface area contributed by atoms with E-state index >= 15 is 0 Å². The Morgan fingerprint density at radius 1 is 1.24 bits per heavy atom. The Morgan fingerprint density at radius 3 is 2.41 bits per heavy atom. The molecule has 0 radical (unpaired) electrons. The minimum absolute atomic E-state index is 0.0223. The molecule has 0 spiro atoms. The van der Waals surface area contributed by atoms with Crippen molar-refractivity contribution >= 4 is 21.8 Å². The Kier molecular flexibility index (Phi) is 3.76. The zero-order valence-electron chi connectivity index (χ0n) is 9.05. The van der Waals surface area contributed by atoms with Crippen molar-refractivity contribution in [2.24, 2.45) is 0 Å².